The van der Waals surface area contributed by atoms with Gasteiger partial charge in [0.2, 0.25) is 0 Å². The average molecular weight is 363 g/mol. The summed E-state index contributed by atoms with van der Waals surface area (Å²) in [5.41, 5.74) is 0.684. The monoisotopic (exact) mass is 363 g/mol. The summed E-state index contributed by atoms with van der Waals surface area (Å²) in [5.74, 6) is -0.327. The highest BCUT2D eigenvalue weighted by molar-refractivity contribution is 5.93. The van der Waals surface area contributed by atoms with Crippen LogP contribution in [0, 0.1) is 0 Å². The van der Waals surface area contributed by atoms with Crippen molar-refractivity contribution in [2.45, 2.75) is 70.5 Å². The Morgan fingerprint density at radius 1 is 1.15 bits per heavy atom. The van der Waals surface area contributed by atoms with Gasteiger partial charge in [0.1, 0.15) is 11.9 Å². The number of carbonyl (C=O) groups excluding carboxylic acids is 1. The molecule has 0 heterocycles. The minimum absolute atomic E-state index is 0.0903. The lowest BCUT2D eigenvalue weighted by molar-refractivity contribution is -0.137. The Morgan fingerprint density at radius 3 is 2.42 bits per heavy atom. The molecule has 1 atom stereocenters. The van der Waals surface area contributed by atoms with E-state index in [1.165, 1.54) is 25.7 Å². The van der Waals surface area contributed by atoms with Crippen molar-refractivity contribution in [3.63, 3.8) is 0 Å². The molecule has 144 valence electrons. The van der Waals surface area contributed by atoms with E-state index in [-0.39, 0.29) is 18.4 Å². The van der Waals surface area contributed by atoms with Crippen molar-refractivity contribution in [2.24, 2.45) is 0 Å². The molecule has 0 bridgehead atoms. The largest absolute Gasteiger partial charge is 0.494 e. The van der Waals surface area contributed by atoms with Crippen LogP contribution in [0.1, 0.15) is 58.3 Å². The van der Waals surface area contributed by atoms with Gasteiger partial charge in [-0.3, -0.25) is 9.59 Å². The highest BCUT2D eigenvalue weighted by Gasteiger charge is 2.20. The van der Waals surface area contributed by atoms with E-state index in [9.17, 15) is 9.59 Å². The Labute approximate surface area is 154 Å². The van der Waals surface area contributed by atoms with Crippen molar-refractivity contribution in [1.82, 2.24) is 0 Å². The van der Waals surface area contributed by atoms with Gasteiger partial charge in [0, 0.05) is 12.1 Å². The molecule has 2 rings (SSSR count). The van der Waals surface area contributed by atoms with E-state index in [2.05, 4.69) is 5.32 Å². The second kappa shape index (κ2) is 10.8. The maximum atomic E-state index is 12.3. The van der Waals surface area contributed by atoms with Crippen LogP contribution < -0.4 is 10.1 Å². The van der Waals surface area contributed by atoms with Crippen LogP contribution in [0.15, 0.2) is 24.3 Å². The second-order valence-corrected chi connectivity index (χ2v) is 6.75. The van der Waals surface area contributed by atoms with Crippen LogP contribution in [0.5, 0.6) is 5.75 Å². The lowest BCUT2D eigenvalue weighted by Gasteiger charge is -2.20. The quantitative estimate of drug-likeness (QED) is 0.512. The molecule has 6 nitrogen and oxygen atoms in total. The van der Waals surface area contributed by atoms with E-state index in [1.54, 1.807) is 31.2 Å². The van der Waals surface area contributed by atoms with Gasteiger partial charge >= 0.3 is 5.97 Å². The summed E-state index contributed by atoms with van der Waals surface area (Å²) in [7, 11) is 0. The number of carboxylic acid groups (broad SMARTS) is 1. The predicted molar refractivity (Wildman–Crippen MR) is 99.5 cm³/mol. The third-order valence-corrected chi connectivity index (χ3v) is 4.49. The molecule has 0 radical (unpaired) electrons. The van der Waals surface area contributed by atoms with Crippen LogP contribution in [0.4, 0.5) is 5.69 Å². The van der Waals surface area contributed by atoms with Gasteiger partial charge in [0.15, 0.2) is 0 Å². The van der Waals surface area contributed by atoms with E-state index in [0.717, 1.165) is 12.8 Å². The molecule has 1 aromatic carbocycles. The maximum absolute atomic E-state index is 12.3. The molecular formula is C20H29NO5. The molecule has 0 aromatic heterocycles. The summed E-state index contributed by atoms with van der Waals surface area (Å²) < 4.78 is 11.4. The zero-order chi connectivity index (χ0) is 18.8. The second-order valence-electron chi connectivity index (χ2n) is 6.75. The molecule has 1 unspecified atom stereocenters. The Morgan fingerprint density at radius 2 is 1.81 bits per heavy atom. The number of rotatable bonds is 9. The number of nitrogens with one attached hydrogen (secondary N) is 1. The number of carboxylic acids is 1. The van der Waals surface area contributed by atoms with Gasteiger partial charge in [0.25, 0.3) is 5.91 Å². The third-order valence-electron chi connectivity index (χ3n) is 4.49. The number of hydrogen-bond donors (Lipinski definition) is 2. The minimum atomic E-state index is -0.827. The standard InChI is InChI=1S/C20H29NO5/c1-15(26-18-7-4-2-3-5-8-18)20(24)21-16-10-12-17(13-11-16)25-14-6-9-19(22)23/h10-13,15,18H,2-9,14H2,1H3,(H,21,24)(H,22,23). The lowest BCUT2D eigenvalue weighted by atomic mass is 10.1. The van der Waals surface area contributed by atoms with Crippen LogP contribution in [-0.4, -0.2) is 35.8 Å². The number of anilines is 1. The predicted octanol–water partition coefficient (Wildman–Crippen LogP) is 4.00. The number of ether oxygens (including phenoxy) is 2. The molecule has 0 saturated heterocycles. The summed E-state index contributed by atoms with van der Waals surface area (Å²) in [6.07, 6.45) is 7.18. The summed E-state index contributed by atoms with van der Waals surface area (Å²) in [6.45, 7) is 2.14. The Balaban J connectivity index is 1.74. The van der Waals surface area contributed by atoms with E-state index in [4.69, 9.17) is 14.6 Å². The fourth-order valence-corrected chi connectivity index (χ4v) is 3.02. The fraction of sp³-hybridized carbons (Fsp3) is 0.600. The van der Waals surface area contributed by atoms with E-state index in [0.29, 0.717) is 24.5 Å². The molecule has 1 aliphatic rings. The Hall–Kier alpha value is -2.08. The van der Waals surface area contributed by atoms with Crippen LogP contribution in [-0.2, 0) is 14.3 Å². The van der Waals surface area contributed by atoms with Gasteiger partial charge in [-0.2, -0.15) is 0 Å². The molecular weight excluding hydrogens is 334 g/mol. The molecule has 2 N–H and O–H groups in total. The van der Waals surface area contributed by atoms with Crippen molar-refractivity contribution in [1.29, 1.82) is 0 Å². The van der Waals surface area contributed by atoms with Gasteiger partial charge < -0.3 is 19.9 Å². The fourth-order valence-electron chi connectivity index (χ4n) is 3.02. The van der Waals surface area contributed by atoms with Gasteiger partial charge in [-0.15, -0.1) is 0 Å². The van der Waals surface area contributed by atoms with Crippen molar-refractivity contribution >= 4 is 17.6 Å². The van der Waals surface area contributed by atoms with E-state index >= 15 is 0 Å². The molecule has 0 aliphatic heterocycles. The summed E-state index contributed by atoms with van der Waals surface area (Å²) in [4.78, 5) is 22.8. The average Bonchev–Trinajstić information content (AvgIpc) is 2.88. The summed E-state index contributed by atoms with van der Waals surface area (Å²) in [5, 5.41) is 11.4. The highest BCUT2D eigenvalue weighted by Crippen LogP contribution is 2.21. The molecule has 1 aliphatic carbocycles. The lowest BCUT2D eigenvalue weighted by Crippen LogP contribution is -2.31. The third kappa shape index (κ3) is 7.44. The number of amides is 1. The zero-order valence-electron chi connectivity index (χ0n) is 15.4. The molecule has 6 heteroatoms. The SMILES string of the molecule is CC(OC1CCCCCC1)C(=O)Nc1ccc(OCCCC(=O)O)cc1. The first-order valence-corrected chi connectivity index (χ1v) is 9.45. The Bertz CT molecular complexity index is 564. The first kappa shape index (κ1) is 20.2. The number of benzene rings is 1. The van der Waals surface area contributed by atoms with E-state index < -0.39 is 12.1 Å². The maximum Gasteiger partial charge on any atom is 0.303 e. The number of hydrogen-bond acceptors (Lipinski definition) is 4. The normalized spacial score (nSPS) is 16.5. The van der Waals surface area contributed by atoms with E-state index in [1.807, 2.05) is 0 Å². The molecule has 1 amide bonds. The van der Waals surface area contributed by atoms with Gasteiger partial charge in [-0.1, -0.05) is 25.7 Å². The van der Waals surface area contributed by atoms with Crippen LogP contribution in [0.2, 0.25) is 0 Å². The first-order valence-electron chi connectivity index (χ1n) is 9.45. The van der Waals surface area contributed by atoms with Crippen LogP contribution in [0.3, 0.4) is 0 Å². The highest BCUT2D eigenvalue weighted by atomic mass is 16.5. The van der Waals surface area contributed by atoms with Gasteiger partial charge in [-0.05, 0) is 50.5 Å². The zero-order valence-corrected chi connectivity index (χ0v) is 15.4. The summed E-state index contributed by atoms with van der Waals surface area (Å²) in [6, 6.07) is 7.05. The van der Waals surface area contributed by atoms with Crippen LogP contribution in [0.25, 0.3) is 0 Å². The van der Waals surface area contributed by atoms with Gasteiger partial charge in [0.05, 0.1) is 12.7 Å². The topological polar surface area (TPSA) is 84.9 Å². The molecule has 1 fully saturated rings. The smallest absolute Gasteiger partial charge is 0.303 e. The molecule has 1 aromatic rings. The van der Waals surface area contributed by atoms with Crippen molar-refractivity contribution in [2.75, 3.05) is 11.9 Å². The van der Waals surface area contributed by atoms with Crippen LogP contribution >= 0.6 is 0 Å². The van der Waals surface area contributed by atoms with Gasteiger partial charge in [-0.25, -0.2) is 0 Å². The number of aliphatic carboxylic acids is 1. The molecule has 26 heavy (non-hydrogen) atoms. The van der Waals surface area contributed by atoms with Crippen molar-refractivity contribution in [3.05, 3.63) is 24.3 Å². The first-order chi connectivity index (χ1) is 12.5. The minimum Gasteiger partial charge on any atom is -0.494 e. The molecule has 0 spiro atoms. The summed E-state index contributed by atoms with van der Waals surface area (Å²) >= 11 is 0. The van der Waals surface area contributed by atoms with Crippen molar-refractivity contribution in [3.8, 4) is 5.75 Å². The number of carbonyl (C=O) groups is 2. The van der Waals surface area contributed by atoms with Crippen molar-refractivity contribution < 1.29 is 24.2 Å². The Kier molecular flexibility index (Phi) is 8.41. The molecule has 1 saturated carbocycles.